The van der Waals surface area contributed by atoms with Crippen molar-refractivity contribution in [1.29, 1.82) is 0 Å². The molecule has 3 heterocycles. The number of ether oxygens (including phenoxy) is 1. The van der Waals surface area contributed by atoms with Crippen LogP contribution in [0.25, 0.3) is 0 Å². The zero-order valence-corrected chi connectivity index (χ0v) is 11.5. The third-order valence-electron chi connectivity index (χ3n) is 3.45. The van der Waals surface area contributed by atoms with Crippen LogP contribution in [-0.2, 0) is 11.8 Å². The van der Waals surface area contributed by atoms with E-state index in [1.165, 1.54) is 0 Å². The van der Waals surface area contributed by atoms with Crippen molar-refractivity contribution in [1.82, 2.24) is 25.1 Å². The second kappa shape index (κ2) is 5.09. The van der Waals surface area contributed by atoms with Crippen molar-refractivity contribution < 1.29 is 9.53 Å². The van der Waals surface area contributed by atoms with Crippen molar-refractivity contribution in [3.8, 4) is 0 Å². The van der Waals surface area contributed by atoms with Crippen molar-refractivity contribution in [3.05, 3.63) is 35.7 Å². The number of hydrogen-bond donors (Lipinski definition) is 2. The van der Waals surface area contributed by atoms with E-state index >= 15 is 0 Å². The van der Waals surface area contributed by atoms with Gasteiger partial charge in [0.25, 0.3) is 5.91 Å². The molecule has 1 aliphatic heterocycles. The molecule has 7 heteroatoms. The van der Waals surface area contributed by atoms with Crippen LogP contribution >= 0.6 is 0 Å². The molecule has 1 fully saturated rings. The average molecular weight is 275 g/mol. The molecule has 0 radical (unpaired) electrons. The zero-order chi connectivity index (χ0) is 14.1. The molecule has 1 aliphatic rings. The van der Waals surface area contributed by atoms with E-state index in [2.05, 4.69) is 20.5 Å². The molecule has 0 saturated carbocycles. The van der Waals surface area contributed by atoms with Crippen LogP contribution in [0.15, 0.2) is 18.3 Å². The fourth-order valence-corrected chi connectivity index (χ4v) is 2.42. The highest BCUT2D eigenvalue weighted by Gasteiger charge is 2.34. The van der Waals surface area contributed by atoms with Gasteiger partial charge in [-0.2, -0.15) is 5.10 Å². The average Bonchev–Trinajstić information content (AvgIpc) is 3.10. The number of rotatable bonds is 3. The minimum absolute atomic E-state index is 0.104. The summed E-state index contributed by atoms with van der Waals surface area (Å²) in [4.78, 5) is 16.5. The van der Waals surface area contributed by atoms with Gasteiger partial charge < -0.3 is 14.6 Å². The summed E-state index contributed by atoms with van der Waals surface area (Å²) < 4.78 is 7.44. The highest BCUT2D eigenvalue weighted by molar-refractivity contribution is 5.92. The Bertz CT molecular complexity index is 618. The summed E-state index contributed by atoms with van der Waals surface area (Å²) >= 11 is 0. The lowest BCUT2D eigenvalue weighted by molar-refractivity contribution is 0.0786. The SMILES string of the molecule is Cc1nc([C@@H]2OCC[C@@H]2NC(=O)c2cccn2C)n[nH]1. The molecule has 2 atom stereocenters. The van der Waals surface area contributed by atoms with Crippen LogP contribution in [0, 0.1) is 6.92 Å². The van der Waals surface area contributed by atoms with Gasteiger partial charge in [-0.3, -0.25) is 9.89 Å². The molecule has 0 spiro atoms. The fourth-order valence-electron chi connectivity index (χ4n) is 2.42. The molecular weight excluding hydrogens is 258 g/mol. The minimum Gasteiger partial charge on any atom is -0.368 e. The predicted molar refractivity (Wildman–Crippen MR) is 71.1 cm³/mol. The van der Waals surface area contributed by atoms with Gasteiger partial charge in [0.2, 0.25) is 0 Å². The van der Waals surface area contributed by atoms with Gasteiger partial charge in [-0.05, 0) is 25.5 Å². The van der Waals surface area contributed by atoms with E-state index in [0.29, 0.717) is 18.1 Å². The third kappa shape index (κ3) is 2.32. The summed E-state index contributed by atoms with van der Waals surface area (Å²) in [6, 6.07) is 3.53. The molecular formula is C13H17N5O2. The first-order valence-corrected chi connectivity index (χ1v) is 6.58. The largest absolute Gasteiger partial charge is 0.368 e. The summed E-state index contributed by atoms with van der Waals surface area (Å²) in [5.74, 6) is 1.23. The first-order chi connectivity index (χ1) is 9.65. The number of aromatic amines is 1. The normalized spacial score (nSPS) is 22.1. The van der Waals surface area contributed by atoms with E-state index in [9.17, 15) is 4.79 Å². The summed E-state index contributed by atoms with van der Waals surface area (Å²) in [6.07, 6.45) is 2.31. The standard InChI is InChI=1S/C13H17N5O2/c1-8-14-12(17-16-8)11-9(5-7-20-11)15-13(19)10-4-3-6-18(10)2/h3-4,6,9,11H,5,7H2,1-2H3,(H,15,19)(H,14,16,17)/t9-,11+/m0/s1. The highest BCUT2D eigenvalue weighted by atomic mass is 16.5. The molecule has 0 bridgehead atoms. The molecule has 0 aliphatic carbocycles. The maximum atomic E-state index is 12.2. The van der Waals surface area contributed by atoms with Gasteiger partial charge in [-0.15, -0.1) is 0 Å². The molecule has 20 heavy (non-hydrogen) atoms. The molecule has 0 unspecified atom stereocenters. The lowest BCUT2D eigenvalue weighted by atomic mass is 10.1. The number of H-pyrrole nitrogens is 1. The number of aryl methyl sites for hydroxylation is 2. The quantitative estimate of drug-likeness (QED) is 0.864. The van der Waals surface area contributed by atoms with Gasteiger partial charge in [-0.25, -0.2) is 4.98 Å². The second-order valence-electron chi connectivity index (χ2n) is 4.94. The molecule has 0 aromatic carbocycles. The van der Waals surface area contributed by atoms with Crippen LogP contribution in [0.4, 0.5) is 0 Å². The summed E-state index contributed by atoms with van der Waals surface area (Å²) in [5, 5.41) is 9.92. The number of carbonyl (C=O) groups excluding carboxylic acids is 1. The molecule has 2 aromatic heterocycles. The number of carbonyl (C=O) groups is 1. The Balaban J connectivity index is 1.73. The number of aromatic nitrogens is 4. The Kier molecular flexibility index (Phi) is 3.27. The Morgan fingerprint density at radius 1 is 1.60 bits per heavy atom. The Hall–Kier alpha value is -2.15. The lowest BCUT2D eigenvalue weighted by Gasteiger charge is -2.17. The smallest absolute Gasteiger partial charge is 0.268 e. The molecule has 7 nitrogen and oxygen atoms in total. The molecule has 1 amide bonds. The van der Waals surface area contributed by atoms with E-state index in [4.69, 9.17) is 4.74 Å². The van der Waals surface area contributed by atoms with E-state index in [-0.39, 0.29) is 18.1 Å². The van der Waals surface area contributed by atoms with Gasteiger partial charge in [-0.1, -0.05) is 0 Å². The first kappa shape index (κ1) is 12.9. The summed E-state index contributed by atoms with van der Waals surface area (Å²) in [5.41, 5.74) is 0.627. The van der Waals surface area contributed by atoms with Crippen molar-refractivity contribution in [2.45, 2.75) is 25.5 Å². The summed E-state index contributed by atoms with van der Waals surface area (Å²) in [6.45, 7) is 2.43. The third-order valence-corrected chi connectivity index (χ3v) is 3.45. The summed E-state index contributed by atoms with van der Waals surface area (Å²) in [7, 11) is 1.84. The van der Waals surface area contributed by atoms with Crippen LogP contribution in [0.3, 0.4) is 0 Å². The number of hydrogen-bond acceptors (Lipinski definition) is 4. The monoisotopic (exact) mass is 275 g/mol. The molecule has 3 rings (SSSR count). The second-order valence-corrected chi connectivity index (χ2v) is 4.94. The molecule has 2 N–H and O–H groups in total. The first-order valence-electron chi connectivity index (χ1n) is 6.58. The predicted octanol–water partition coefficient (Wildman–Crippen LogP) is 0.712. The van der Waals surface area contributed by atoms with E-state index < -0.39 is 0 Å². The zero-order valence-electron chi connectivity index (χ0n) is 11.5. The van der Waals surface area contributed by atoms with Gasteiger partial charge in [0.1, 0.15) is 17.6 Å². The van der Waals surface area contributed by atoms with Crippen LogP contribution in [0.2, 0.25) is 0 Å². The highest BCUT2D eigenvalue weighted by Crippen LogP contribution is 2.26. The van der Waals surface area contributed by atoms with Gasteiger partial charge in [0, 0.05) is 19.9 Å². The van der Waals surface area contributed by atoms with Crippen LogP contribution in [0.1, 0.15) is 34.7 Å². The molecule has 2 aromatic rings. The Labute approximate surface area is 116 Å². The number of nitrogens with one attached hydrogen (secondary N) is 2. The van der Waals surface area contributed by atoms with Crippen LogP contribution in [0.5, 0.6) is 0 Å². The Morgan fingerprint density at radius 2 is 2.45 bits per heavy atom. The van der Waals surface area contributed by atoms with Crippen molar-refractivity contribution >= 4 is 5.91 Å². The lowest BCUT2D eigenvalue weighted by Crippen LogP contribution is -2.37. The van der Waals surface area contributed by atoms with Crippen LogP contribution < -0.4 is 5.32 Å². The fraction of sp³-hybridized carbons (Fsp3) is 0.462. The minimum atomic E-state index is -0.288. The van der Waals surface area contributed by atoms with Gasteiger partial charge in [0.15, 0.2) is 5.82 Å². The molecule has 106 valence electrons. The molecule has 1 saturated heterocycles. The van der Waals surface area contributed by atoms with E-state index in [1.54, 1.807) is 10.6 Å². The maximum absolute atomic E-state index is 12.2. The number of amides is 1. The van der Waals surface area contributed by atoms with Crippen LogP contribution in [-0.4, -0.2) is 38.3 Å². The van der Waals surface area contributed by atoms with Gasteiger partial charge in [0.05, 0.1) is 6.04 Å². The van der Waals surface area contributed by atoms with E-state index in [1.807, 2.05) is 26.2 Å². The van der Waals surface area contributed by atoms with E-state index in [0.717, 1.165) is 12.2 Å². The van der Waals surface area contributed by atoms with Crippen molar-refractivity contribution in [3.63, 3.8) is 0 Å². The van der Waals surface area contributed by atoms with Gasteiger partial charge >= 0.3 is 0 Å². The Morgan fingerprint density at radius 3 is 3.10 bits per heavy atom. The maximum Gasteiger partial charge on any atom is 0.268 e. The topological polar surface area (TPSA) is 84.8 Å². The van der Waals surface area contributed by atoms with Crippen molar-refractivity contribution in [2.75, 3.05) is 6.61 Å². The van der Waals surface area contributed by atoms with Crippen molar-refractivity contribution in [2.24, 2.45) is 7.05 Å². The number of nitrogens with zero attached hydrogens (tertiary/aromatic N) is 3.